The number of pyridine rings is 1. The van der Waals surface area contributed by atoms with Crippen molar-refractivity contribution < 1.29 is 4.79 Å². The minimum Gasteiger partial charge on any atom is -0.349 e. The fourth-order valence-electron chi connectivity index (χ4n) is 2.37. The second-order valence-electron chi connectivity index (χ2n) is 5.18. The van der Waals surface area contributed by atoms with Gasteiger partial charge in [0.25, 0.3) is 5.56 Å². The van der Waals surface area contributed by atoms with Gasteiger partial charge in [0.05, 0.1) is 23.3 Å². The van der Waals surface area contributed by atoms with E-state index in [-0.39, 0.29) is 18.0 Å². The third-order valence-electron chi connectivity index (χ3n) is 3.51. The highest BCUT2D eigenvalue weighted by Crippen LogP contribution is 2.09. The Morgan fingerprint density at radius 2 is 1.96 bits per heavy atom. The number of hydrogen-bond acceptors (Lipinski definition) is 4. The minimum absolute atomic E-state index is 0.0461. The molecule has 0 unspecified atom stereocenters. The molecule has 1 aromatic carbocycles. The molecule has 0 radical (unpaired) electrons. The molecule has 3 aromatic rings. The molecule has 6 heteroatoms. The Labute approximate surface area is 132 Å². The lowest BCUT2D eigenvalue weighted by molar-refractivity contribution is -0.121. The summed E-state index contributed by atoms with van der Waals surface area (Å²) in [6, 6.07) is 12.8. The first-order valence-electron chi connectivity index (χ1n) is 7.28. The Morgan fingerprint density at radius 3 is 2.74 bits per heavy atom. The number of nitrogens with zero attached hydrogens (tertiary/aromatic N) is 3. The fraction of sp³-hybridized carbons (Fsp3) is 0.176. The first kappa shape index (κ1) is 14.9. The van der Waals surface area contributed by atoms with E-state index in [1.54, 1.807) is 19.2 Å². The van der Waals surface area contributed by atoms with Crippen LogP contribution in [0.4, 0.5) is 0 Å². The van der Waals surface area contributed by atoms with Gasteiger partial charge in [-0.05, 0) is 31.2 Å². The van der Waals surface area contributed by atoms with Crippen LogP contribution in [0.25, 0.3) is 11.0 Å². The van der Waals surface area contributed by atoms with Crippen LogP contribution in [0, 0.1) is 6.92 Å². The monoisotopic (exact) mass is 308 g/mol. The molecule has 0 aliphatic heterocycles. The predicted molar refractivity (Wildman–Crippen MR) is 86.8 cm³/mol. The number of amides is 1. The summed E-state index contributed by atoms with van der Waals surface area (Å²) >= 11 is 0. The standard InChI is InChI=1S/C17H16N4O2/c1-12-17(23)21(15-8-3-2-7-14(15)20-12)11-16(22)19-10-13-6-4-5-9-18-13/h2-9H,10-11H2,1H3,(H,19,22). The van der Waals surface area contributed by atoms with Crippen molar-refractivity contribution in [2.24, 2.45) is 0 Å². The van der Waals surface area contributed by atoms with Gasteiger partial charge in [-0.2, -0.15) is 0 Å². The molecule has 0 fully saturated rings. The Morgan fingerprint density at radius 1 is 1.17 bits per heavy atom. The van der Waals surface area contributed by atoms with Crippen molar-refractivity contribution in [3.8, 4) is 0 Å². The molecule has 23 heavy (non-hydrogen) atoms. The highest BCUT2D eigenvalue weighted by Gasteiger charge is 2.11. The third-order valence-corrected chi connectivity index (χ3v) is 3.51. The number of benzene rings is 1. The summed E-state index contributed by atoms with van der Waals surface area (Å²) in [5.74, 6) is -0.242. The lowest BCUT2D eigenvalue weighted by Gasteiger charge is -2.11. The lowest BCUT2D eigenvalue weighted by atomic mass is 10.2. The van der Waals surface area contributed by atoms with Crippen LogP contribution in [-0.4, -0.2) is 20.4 Å². The number of hydrogen-bond donors (Lipinski definition) is 1. The molecule has 3 rings (SSSR count). The highest BCUT2D eigenvalue weighted by atomic mass is 16.2. The lowest BCUT2D eigenvalue weighted by Crippen LogP contribution is -2.33. The fourth-order valence-corrected chi connectivity index (χ4v) is 2.37. The van der Waals surface area contributed by atoms with Gasteiger partial charge in [-0.15, -0.1) is 0 Å². The average molecular weight is 308 g/mol. The summed E-state index contributed by atoms with van der Waals surface area (Å²) in [7, 11) is 0. The first-order chi connectivity index (χ1) is 11.1. The Hall–Kier alpha value is -3.02. The number of carbonyl (C=O) groups excluding carboxylic acids is 1. The van der Waals surface area contributed by atoms with Crippen molar-refractivity contribution >= 4 is 16.9 Å². The van der Waals surface area contributed by atoms with Gasteiger partial charge in [-0.25, -0.2) is 4.98 Å². The largest absolute Gasteiger partial charge is 0.349 e. The van der Waals surface area contributed by atoms with Crippen molar-refractivity contribution in [3.05, 3.63) is 70.4 Å². The van der Waals surface area contributed by atoms with Crippen molar-refractivity contribution in [1.82, 2.24) is 19.9 Å². The summed E-state index contributed by atoms with van der Waals surface area (Å²) in [6.45, 7) is 1.93. The van der Waals surface area contributed by atoms with E-state index >= 15 is 0 Å². The van der Waals surface area contributed by atoms with Crippen LogP contribution in [0.2, 0.25) is 0 Å². The Bertz CT molecular complexity index is 903. The number of rotatable bonds is 4. The summed E-state index contributed by atoms with van der Waals surface area (Å²) in [4.78, 5) is 32.9. The number of aromatic nitrogens is 3. The molecule has 116 valence electrons. The molecule has 2 heterocycles. The van der Waals surface area contributed by atoms with Gasteiger partial charge in [0.1, 0.15) is 12.2 Å². The molecule has 0 spiro atoms. The molecular formula is C17H16N4O2. The molecule has 0 aliphatic carbocycles. The maximum Gasteiger partial charge on any atom is 0.272 e. The SMILES string of the molecule is Cc1nc2ccccc2n(CC(=O)NCc2ccccn2)c1=O. The molecular weight excluding hydrogens is 292 g/mol. The molecule has 0 saturated carbocycles. The number of aryl methyl sites for hydroxylation is 1. The van der Waals surface area contributed by atoms with E-state index in [2.05, 4.69) is 15.3 Å². The molecule has 0 saturated heterocycles. The molecule has 0 atom stereocenters. The maximum absolute atomic E-state index is 12.3. The van der Waals surface area contributed by atoms with Crippen LogP contribution in [0.3, 0.4) is 0 Å². The van der Waals surface area contributed by atoms with Crippen molar-refractivity contribution in [1.29, 1.82) is 0 Å². The van der Waals surface area contributed by atoms with Crippen molar-refractivity contribution in [3.63, 3.8) is 0 Å². The topological polar surface area (TPSA) is 76.9 Å². The zero-order valence-electron chi connectivity index (χ0n) is 12.7. The van der Waals surface area contributed by atoms with E-state index in [0.29, 0.717) is 23.3 Å². The minimum atomic E-state index is -0.253. The van der Waals surface area contributed by atoms with E-state index in [1.165, 1.54) is 4.57 Å². The molecule has 1 N–H and O–H groups in total. The van der Waals surface area contributed by atoms with Gasteiger partial charge in [0.2, 0.25) is 5.91 Å². The molecule has 6 nitrogen and oxygen atoms in total. The second kappa shape index (κ2) is 6.39. The van der Waals surface area contributed by atoms with E-state index in [1.807, 2.05) is 36.4 Å². The summed E-state index contributed by atoms with van der Waals surface area (Å²) < 4.78 is 1.45. The van der Waals surface area contributed by atoms with Gasteiger partial charge in [-0.1, -0.05) is 18.2 Å². The zero-order valence-corrected chi connectivity index (χ0v) is 12.7. The number of carbonyl (C=O) groups is 1. The van der Waals surface area contributed by atoms with E-state index in [0.717, 1.165) is 5.69 Å². The number of fused-ring (bicyclic) bond motifs is 1. The first-order valence-corrected chi connectivity index (χ1v) is 7.28. The number of para-hydroxylation sites is 2. The highest BCUT2D eigenvalue weighted by molar-refractivity contribution is 5.80. The van der Waals surface area contributed by atoms with Crippen LogP contribution in [0.1, 0.15) is 11.4 Å². The summed E-state index contributed by atoms with van der Waals surface area (Å²) in [5.41, 5.74) is 2.24. The van der Waals surface area contributed by atoms with Crippen molar-refractivity contribution in [2.45, 2.75) is 20.0 Å². The normalized spacial score (nSPS) is 10.7. The number of nitrogens with one attached hydrogen (secondary N) is 1. The second-order valence-corrected chi connectivity index (χ2v) is 5.18. The van der Waals surface area contributed by atoms with Gasteiger partial charge >= 0.3 is 0 Å². The maximum atomic E-state index is 12.3. The van der Waals surface area contributed by atoms with E-state index < -0.39 is 0 Å². The van der Waals surface area contributed by atoms with Crippen LogP contribution in [-0.2, 0) is 17.9 Å². The quantitative estimate of drug-likeness (QED) is 0.790. The van der Waals surface area contributed by atoms with Crippen LogP contribution in [0.15, 0.2) is 53.5 Å². The molecule has 0 bridgehead atoms. The average Bonchev–Trinajstić information content (AvgIpc) is 2.58. The molecule has 0 aliphatic rings. The molecule has 1 amide bonds. The molecule has 2 aromatic heterocycles. The summed E-state index contributed by atoms with van der Waals surface area (Å²) in [5, 5.41) is 2.78. The summed E-state index contributed by atoms with van der Waals surface area (Å²) in [6.07, 6.45) is 1.67. The van der Waals surface area contributed by atoms with Crippen LogP contribution in [0.5, 0.6) is 0 Å². The Balaban J connectivity index is 1.82. The van der Waals surface area contributed by atoms with E-state index in [9.17, 15) is 9.59 Å². The van der Waals surface area contributed by atoms with Gasteiger partial charge in [-0.3, -0.25) is 19.1 Å². The Kier molecular flexibility index (Phi) is 4.14. The zero-order chi connectivity index (χ0) is 16.2. The van der Waals surface area contributed by atoms with Gasteiger partial charge in [0.15, 0.2) is 0 Å². The van der Waals surface area contributed by atoms with E-state index in [4.69, 9.17) is 0 Å². The van der Waals surface area contributed by atoms with Crippen LogP contribution >= 0.6 is 0 Å². The van der Waals surface area contributed by atoms with Crippen LogP contribution < -0.4 is 10.9 Å². The van der Waals surface area contributed by atoms with Gasteiger partial charge in [0, 0.05) is 6.20 Å². The van der Waals surface area contributed by atoms with Gasteiger partial charge < -0.3 is 5.32 Å². The smallest absolute Gasteiger partial charge is 0.272 e. The predicted octanol–water partition coefficient (Wildman–Crippen LogP) is 1.42. The van der Waals surface area contributed by atoms with Crippen molar-refractivity contribution in [2.75, 3.05) is 0 Å². The third kappa shape index (κ3) is 3.26.